The summed E-state index contributed by atoms with van der Waals surface area (Å²) in [4.78, 5) is 11.4. The van der Waals surface area contributed by atoms with Crippen LogP contribution in [0, 0.1) is 6.92 Å². The fourth-order valence-corrected chi connectivity index (χ4v) is 2.86. The van der Waals surface area contributed by atoms with Crippen molar-refractivity contribution in [1.29, 1.82) is 0 Å². The molecule has 2 rings (SSSR count). The Kier molecular flexibility index (Phi) is 3.38. The molecule has 8 heteroatoms. The quantitative estimate of drug-likeness (QED) is 0.847. The molecule has 102 valence electrons. The molecule has 6 nitrogen and oxygen atoms in total. The van der Waals surface area contributed by atoms with E-state index < -0.39 is 10.1 Å². The van der Waals surface area contributed by atoms with Crippen molar-refractivity contribution in [2.45, 2.75) is 25.2 Å². The number of amides is 1. The third-order valence-electron chi connectivity index (χ3n) is 2.65. The van der Waals surface area contributed by atoms with Crippen molar-refractivity contribution in [2.75, 3.05) is 5.01 Å². The first-order chi connectivity index (χ1) is 8.70. The molecule has 0 aromatic heterocycles. The molecule has 1 N–H and O–H groups in total. The molecule has 0 atom stereocenters. The van der Waals surface area contributed by atoms with Crippen LogP contribution in [0.5, 0.6) is 0 Å². The molecule has 19 heavy (non-hydrogen) atoms. The van der Waals surface area contributed by atoms with Crippen molar-refractivity contribution in [2.24, 2.45) is 5.10 Å². The fourth-order valence-electron chi connectivity index (χ4n) is 1.85. The first-order valence-electron chi connectivity index (χ1n) is 5.35. The molecule has 1 amide bonds. The molecule has 0 saturated heterocycles. The number of benzene rings is 1. The number of carbonyl (C=O) groups is 1. The van der Waals surface area contributed by atoms with Gasteiger partial charge in [0.1, 0.15) is 0 Å². The van der Waals surface area contributed by atoms with Crippen molar-refractivity contribution >= 4 is 39.0 Å². The lowest BCUT2D eigenvalue weighted by atomic mass is 10.2. The highest BCUT2D eigenvalue weighted by Crippen LogP contribution is 2.34. The summed E-state index contributed by atoms with van der Waals surface area (Å²) in [5, 5.41) is 5.25. The van der Waals surface area contributed by atoms with Gasteiger partial charge in [0.15, 0.2) is 0 Å². The molecule has 1 aromatic carbocycles. The van der Waals surface area contributed by atoms with Gasteiger partial charge in [-0.3, -0.25) is 9.35 Å². The highest BCUT2D eigenvalue weighted by atomic mass is 35.5. The molecule has 0 spiro atoms. The zero-order chi connectivity index (χ0) is 14.4. The van der Waals surface area contributed by atoms with Gasteiger partial charge >= 0.3 is 0 Å². The number of hydrogen-bond donors (Lipinski definition) is 1. The van der Waals surface area contributed by atoms with Crippen LogP contribution in [0.15, 0.2) is 22.1 Å². The molecule has 0 bridgehead atoms. The molecule has 1 aromatic rings. The van der Waals surface area contributed by atoms with Crippen LogP contribution < -0.4 is 5.01 Å². The van der Waals surface area contributed by atoms with Gasteiger partial charge in [0, 0.05) is 5.71 Å². The van der Waals surface area contributed by atoms with Crippen LogP contribution in [0.2, 0.25) is 5.02 Å². The minimum absolute atomic E-state index is 0.0411. The molecule has 0 aliphatic carbocycles. The number of rotatable bonds is 2. The maximum atomic E-state index is 11.8. The van der Waals surface area contributed by atoms with E-state index in [0.717, 1.165) is 11.1 Å². The maximum Gasteiger partial charge on any atom is 0.294 e. The summed E-state index contributed by atoms with van der Waals surface area (Å²) < 4.78 is 31.1. The third kappa shape index (κ3) is 2.63. The summed E-state index contributed by atoms with van der Waals surface area (Å²) in [6.07, 6.45) is 0.204. The van der Waals surface area contributed by atoms with E-state index in [4.69, 9.17) is 16.2 Å². The van der Waals surface area contributed by atoms with Gasteiger partial charge in [-0.2, -0.15) is 18.5 Å². The zero-order valence-electron chi connectivity index (χ0n) is 10.2. The molecule has 0 radical (unpaired) electrons. The summed E-state index contributed by atoms with van der Waals surface area (Å²) in [5.41, 5.74) is 1.42. The van der Waals surface area contributed by atoms with Crippen molar-refractivity contribution in [3.05, 3.63) is 22.7 Å². The van der Waals surface area contributed by atoms with Crippen LogP contribution in [0.3, 0.4) is 0 Å². The second-order valence-electron chi connectivity index (χ2n) is 4.26. The highest BCUT2D eigenvalue weighted by molar-refractivity contribution is 7.85. The van der Waals surface area contributed by atoms with Gasteiger partial charge < -0.3 is 0 Å². The Morgan fingerprint density at radius 3 is 2.42 bits per heavy atom. The van der Waals surface area contributed by atoms with Gasteiger partial charge in [0.2, 0.25) is 0 Å². The van der Waals surface area contributed by atoms with Crippen LogP contribution in [-0.4, -0.2) is 24.6 Å². The number of carbonyl (C=O) groups excluding carboxylic acids is 1. The molecular formula is C11H11ClN2O4S. The SMILES string of the molecule is CC1=NN(c2c(C)cc(S(=O)(=O)O)cc2Cl)C(=O)C1. The summed E-state index contributed by atoms with van der Waals surface area (Å²) in [7, 11) is -4.34. The van der Waals surface area contributed by atoms with Crippen LogP contribution in [-0.2, 0) is 14.9 Å². The van der Waals surface area contributed by atoms with Gasteiger partial charge in [0.05, 0.1) is 22.0 Å². The van der Waals surface area contributed by atoms with E-state index in [0.29, 0.717) is 17.0 Å². The maximum absolute atomic E-state index is 11.8. The van der Waals surface area contributed by atoms with Crippen LogP contribution in [0.25, 0.3) is 0 Å². The van der Waals surface area contributed by atoms with Crippen molar-refractivity contribution in [1.82, 2.24) is 0 Å². The number of aryl methyl sites for hydroxylation is 1. The van der Waals surface area contributed by atoms with Crippen LogP contribution in [0.1, 0.15) is 18.9 Å². The third-order valence-corrected chi connectivity index (χ3v) is 3.77. The lowest BCUT2D eigenvalue weighted by molar-refractivity contribution is -0.116. The van der Waals surface area contributed by atoms with Crippen molar-refractivity contribution in [3.63, 3.8) is 0 Å². The fraction of sp³-hybridized carbons (Fsp3) is 0.273. The second kappa shape index (κ2) is 4.59. The van der Waals surface area contributed by atoms with Gasteiger partial charge in [-0.1, -0.05) is 11.6 Å². The molecule has 0 saturated carbocycles. The Balaban J connectivity index is 2.58. The summed E-state index contributed by atoms with van der Waals surface area (Å²) >= 11 is 6.00. The molecule has 0 unspecified atom stereocenters. The van der Waals surface area contributed by atoms with E-state index in [1.54, 1.807) is 13.8 Å². The van der Waals surface area contributed by atoms with Crippen LogP contribution in [0.4, 0.5) is 5.69 Å². The van der Waals surface area contributed by atoms with Gasteiger partial charge in [-0.25, -0.2) is 0 Å². The standard InChI is InChI=1S/C11H11ClN2O4S/c1-6-3-8(19(16,17)18)5-9(12)11(6)14-10(15)4-7(2)13-14/h3,5H,4H2,1-2H3,(H,16,17,18). The molecule has 1 aliphatic rings. The van der Waals surface area contributed by atoms with Gasteiger partial charge in [-0.05, 0) is 31.5 Å². The van der Waals surface area contributed by atoms with E-state index in [-0.39, 0.29) is 22.2 Å². The first kappa shape index (κ1) is 14.0. The number of anilines is 1. The summed E-state index contributed by atoms with van der Waals surface area (Å²) in [6, 6.07) is 2.34. The van der Waals surface area contributed by atoms with Crippen LogP contribution >= 0.6 is 11.6 Å². The average molecular weight is 303 g/mol. The Morgan fingerprint density at radius 1 is 1.37 bits per heavy atom. The minimum Gasteiger partial charge on any atom is -0.282 e. The summed E-state index contributed by atoms with van der Waals surface area (Å²) in [5.74, 6) is -0.234. The molecule has 1 aliphatic heterocycles. The monoisotopic (exact) mass is 302 g/mol. The summed E-state index contributed by atoms with van der Waals surface area (Å²) in [6.45, 7) is 3.31. The van der Waals surface area contributed by atoms with E-state index in [9.17, 15) is 13.2 Å². The largest absolute Gasteiger partial charge is 0.294 e. The van der Waals surface area contributed by atoms with Crippen molar-refractivity contribution in [3.8, 4) is 0 Å². The molecule has 1 heterocycles. The predicted octanol–water partition coefficient (Wildman–Crippen LogP) is 2.01. The Labute approximate surface area is 115 Å². The normalized spacial score (nSPS) is 15.9. The highest BCUT2D eigenvalue weighted by Gasteiger charge is 2.27. The lowest BCUT2D eigenvalue weighted by Crippen LogP contribution is -2.21. The second-order valence-corrected chi connectivity index (χ2v) is 6.09. The van der Waals surface area contributed by atoms with Gasteiger partial charge in [-0.15, -0.1) is 0 Å². The lowest BCUT2D eigenvalue weighted by Gasteiger charge is -2.17. The minimum atomic E-state index is -4.34. The average Bonchev–Trinajstić information content (AvgIpc) is 2.55. The molecule has 0 fully saturated rings. The predicted molar refractivity (Wildman–Crippen MR) is 71.2 cm³/mol. The topological polar surface area (TPSA) is 87.0 Å². The Morgan fingerprint density at radius 2 is 2.00 bits per heavy atom. The van der Waals surface area contributed by atoms with E-state index in [1.165, 1.54) is 6.07 Å². The van der Waals surface area contributed by atoms with Gasteiger partial charge in [0.25, 0.3) is 16.0 Å². The van der Waals surface area contributed by atoms with E-state index in [1.807, 2.05) is 0 Å². The number of hydrazone groups is 1. The molecular weight excluding hydrogens is 292 g/mol. The Hall–Kier alpha value is -1.44. The first-order valence-corrected chi connectivity index (χ1v) is 7.16. The number of nitrogens with zero attached hydrogens (tertiary/aromatic N) is 2. The van der Waals surface area contributed by atoms with E-state index in [2.05, 4.69) is 5.10 Å². The smallest absolute Gasteiger partial charge is 0.282 e. The van der Waals surface area contributed by atoms with E-state index >= 15 is 0 Å². The van der Waals surface area contributed by atoms with Crippen molar-refractivity contribution < 1.29 is 17.8 Å². The zero-order valence-corrected chi connectivity index (χ0v) is 11.8. The number of halogens is 1. The Bertz CT molecular complexity index is 674. The number of hydrogen-bond acceptors (Lipinski definition) is 4.